The first-order valence-electron chi connectivity index (χ1n) is 45.2. The SMILES string of the molecule is Cc1ccccc1N1c2ccccc2C2(C3CC4CC(C3)CC2C4)[C@@H]1C.Cc1ccccc1N1c2ccccc2C2(CCCCC2)[C@@H]1C.Cc1ccccc1N1c2ncccc2C(C)(C)[C@@H]1C.Cc1ccccc1N1c2ncccc2C2(C3CC4CC(C3)CC2C4)[C@@H]1C.Cc1ccccc1N1c2ncccc2C2(CCCCC2)[C@@H]1C. The Labute approximate surface area is 689 Å². The van der Waals surface area contributed by atoms with E-state index in [-0.39, 0.29) is 5.41 Å². The van der Waals surface area contributed by atoms with E-state index in [9.17, 15) is 0 Å². The molecule has 594 valence electrons. The molecule has 10 fully saturated rings. The molecule has 0 radical (unpaired) electrons. The molecule has 10 aromatic rings. The summed E-state index contributed by atoms with van der Waals surface area (Å²) in [7, 11) is 0. The van der Waals surface area contributed by atoms with Crippen LogP contribution in [-0.4, -0.2) is 45.2 Å². The van der Waals surface area contributed by atoms with Crippen LogP contribution in [0, 0.1) is 82.0 Å². The summed E-state index contributed by atoms with van der Waals surface area (Å²) in [4.78, 5) is 27.1. The van der Waals surface area contributed by atoms with Crippen molar-refractivity contribution in [3.05, 3.63) is 280 Å². The Morgan fingerprint density at radius 2 is 0.522 bits per heavy atom. The third-order valence-corrected chi connectivity index (χ3v) is 33.4. The van der Waals surface area contributed by atoms with Gasteiger partial charge in [-0.15, -0.1) is 0 Å². The largest absolute Gasteiger partial charge is 0.337 e. The number of hydrogen-bond donors (Lipinski definition) is 0. The van der Waals surface area contributed by atoms with Gasteiger partial charge >= 0.3 is 0 Å². The van der Waals surface area contributed by atoms with E-state index >= 15 is 0 Å². The smallest absolute Gasteiger partial charge is 0.137 e. The summed E-state index contributed by atoms with van der Waals surface area (Å²) in [5, 5.41) is 0. The van der Waals surface area contributed by atoms with E-state index in [2.05, 4.69) is 313 Å². The molecule has 115 heavy (non-hydrogen) atoms. The van der Waals surface area contributed by atoms with Gasteiger partial charge in [-0.1, -0.05) is 198 Å². The van der Waals surface area contributed by atoms with Crippen molar-refractivity contribution in [1.29, 1.82) is 0 Å². The summed E-state index contributed by atoms with van der Waals surface area (Å²) >= 11 is 0. The molecule has 0 N–H and O–H groups in total. The average Bonchev–Trinajstić information content (AvgIpc) is 1.54. The standard InChI is InChI=1S/C25H29N.C24H28N2.C21H25N.C20H24N2.C17H20N2/c1-16-7-3-5-9-23(16)26-17(2)25(22-8-4-6-10-24(22)26)20-12-18-11-19(14-20)15-21(25)13-18;1-15-6-3-4-8-22(15)26-16(2)24(21-7-5-9-25-23(21)26)19-11-17-10-18(13-19)14-20(24)12-17;1-16-10-4-6-12-19(16)22-17(2)21(14-8-3-9-15-21)18-11-5-7-13-20(18)22;1-15-9-4-5-11-18(15)22-16(2)20(12-6-3-7-13-20)17-10-8-14-21-19(17)22;1-12-8-5-6-10-15(12)19-13(2)17(3,4)14-9-7-11-18-16(14)19/h3-10,17-21H,11-15H2,1-2H3;3-9,16-20H,10-14H2,1-2H3;4-7,10-13,17H,3,8-9,14-15H2,1-2H3;4-5,8-11,14,16H,3,6-7,12-13H2,1-2H3;5-11,13H,1-4H3/t17-,18?,19?,20?,21?,25?;16-,17?,18?,19?,20?,24?;17-;16-;13-/m00000/s1. The van der Waals surface area contributed by atoms with E-state index < -0.39 is 0 Å². The second kappa shape index (κ2) is 29.9. The summed E-state index contributed by atoms with van der Waals surface area (Å²) < 4.78 is 0. The van der Waals surface area contributed by atoms with Crippen LogP contribution < -0.4 is 24.5 Å². The maximum Gasteiger partial charge on any atom is 0.137 e. The summed E-state index contributed by atoms with van der Waals surface area (Å²) in [6.45, 7) is 27.9. The molecule has 8 heteroatoms. The lowest BCUT2D eigenvalue weighted by Crippen LogP contribution is -2.60. The zero-order valence-corrected chi connectivity index (χ0v) is 71.1. The van der Waals surface area contributed by atoms with Gasteiger partial charge in [0.05, 0.1) is 0 Å². The Morgan fingerprint density at radius 3 is 0.939 bits per heavy atom. The van der Waals surface area contributed by atoms with E-state index in [0.29, 0.717) is 51.9 Å². The van der Waals surface area contributed by atoms with E-state index in [1.165, 1.54) is 219 Å². The van der Waals surface area contributed by atoms with Gasteiger partial charge in [0.25, 0.3) is 0 Å². The van der Waals surface area contributed by atoms with Crippen LogP contribution in [0.1, 0.15) is 233 Å². The van der Waals surface area contributed by atoms with Gasteiger partial charge in [0.2, 0.25) is 0 Å². The summed E-state index contributed by atoms with van der Waals surface area (Å²) in [5.41, 5.74) is 25.5. The van der Waals surface area contributed by atoms with Gasteiger partial charge in [-0.3, -0.25) is 0 Å². The normalized spacial score (nSPS) is 30.0. The van der Waals surface area contributed by atoms with Crippen LogP contribution in [0.3, 0.4) is 0 Å². The molecule has 5 aliphatic heterocycles. The van der Waals surface area contributed by atoms with Crippen LogP contribution in [0.15, 0.2) is 225 Å². The summed E-state index contributed by atoms with van der Waals surface area (Å²) in [5.74, 6) is 11.1. The highest BCUT2D eigenvalue weighted by atomic mass is 15.3. The van der Waals surface area contributed by atoms with Gasteiger partial charge in [-0.05, 0) is 306 Å². The molecule has 0 unspecified atom stereocenters. The maximum absolute atomic E-state index is 4.94. The van der Waals surface area contributed by atoms with Crippen molar-refractivity contribution >= 4 is 57.3 Å². The molecule has 10 aliphatic carbocycles. The minimum Gasteiger partial charge on any atom is -0.337 e. The number of rotatable bonds is 5. The Morgan fingerprint density at radius 1 is 0.252 bits per heavy atom. The van der Waals surface area contributed by atoms with E-state index in [4.69, 9.17) is 9.97 Å². The zero-order chi connectivity index (χ0) is 78.9. The maximum atomic E-state index is 4.94. The number of aromatic nitrogens is 3. The molecular formula is C107H126N8. The van der Waals surface area contributed by atoms with Crippen LogP contribution in [0.4, 0.5) is 57.3 Å². The fraction of sp³-hybridized carbons (Fsp3) is 0.467. The van der Waals surface area contributed by atoms with Gasteiger partial charge in [0.1, 0.15) is 17.5 Å². The van der Waals surface area contributed by atoms with Gasteiger partial charge in [-0.2, -0.15) is 0 Å². The van der Waals surface area contributed by atoms with Crippen LogP contribution in [0.5, 0.6) is 0 Å². The highest BCUT2D eigenvalue weighted by Crippen LogP contribution is 2.71. The highest BCUT2D eigenvalue weighted by molar-refractivity contribution is 5.80. The predicted molar refractivity (Wildman–Crippen MR) is 479 cm³/mol. The molecule has 10 saturated carbocycles. The number of hydrogen-bond acceptors (Lipinski definition) is 8. The van der Waals surface area contributed by atoms with Crippen molar-refractivity contribution in [1.82, 2.24) is 15.0 Å². The van der Waals surface area contributed by atoms with Gasteiger partial charge in [0.15, 0.2) is 0 Å². The highest BCUT2D eigenvalue weighted by Gasteiger charge is 2.67. The molecule has 3 aromatic heterocycles. The summed E-state index contributed by atoms with van der Waals surface area (Å²) in [6, 6.07) is 78.2. The van der Waals surface area contributed by atoms with Crippen LogP contribution in [0.25, 0.3) is 0 Å². The molecule has 5 atom stereocenters. The number of pyridine rings is 3. The minimum atomic E-state index is 0.117. The molecule has 25 rings (SSSR count). The molecule has 0 amide bonds. The van der Waals surface area contributed by atoms with Gasteiger partial charge in [0, 0.05) is 132 Å². The van der Waals surface area contributed by atoms with Gasteiger partial charge in [-0.25, -0.2) is 15.0 Å². The topological polar surface area (TPSA) is 54.9 Å². The first-order valence-corrected chi connectivity index (χ1v) is 45.2. The molecule has 4 spiro atoms. The molecular weight excluding hydrogens is 1400 g/mol. The Balaban J connectivity index is 0.0000000966. The number of anilines is 10. The Hall–Kier alpha value is -9.01. The molecule has 15 aliphatic rings. The Bertz CT molecular complexity index is 4890. The zero-order valence-electron chi connectivity index (χ0n) is 71.1. The number of nitrogens with zero attached hydrogens (tertiary/aromatic N) is 8. The molecule has 0 saturated heterocycles. The summed E-state index contributed by atoms with van der Waals surface area (Å²) in [6.07, 6.45) is 34.1. The first kappa shape index (κ1) is 76.0. The van der Waals surface area contributed by atoms with Crippen molar-refractivity contribution in [3.8, 4) is 0 Å². The monoisotopic (exact) mass is 1520 g/mol. The first-order chi connectivity index (χ1) is 55.9. The van der Waals surface area contributed by atoms with Gasteiger partial charge < -0.3 is 24.5 Å². The number of para-hydroxylation sites is 7. The number of aryl methyl sites for hydroxylation is 5. The average molecular weight is 1520 g/mol. The van der Waals surface area contributed by atoms with Crippen molar-refractivity contribution in [2.45, 2.75) is 269 Å². The second-order valence-corrected chi connectivity index (χ2v) is 39.0. The van der Waals surface area contributed by atoms with E-state index in [1.807, 2.05) is 24.7 Å². The third-order valence-electron chi connectivity index (χ3n) is 33.4. The third kappa shape index (κ3) is 12.0. The van der Waals surface area contributed by atoms with Crippen molar-refractivity contribution in [3.63, 3.8) is 0 Å². The van der Waals surface area contributed by atoms with Crippen molar-refractivity contribution in [2.24, 2.45) is 47.3 Å². The second-order valence-electron chi connectivity index (χ2n) is 39.0. The molecule has 8 bridgehead atoms. The van der Waals surface area contributed by atoms with E-state index in [0.717, 1.165) is 53.2 Å². The van der Waals surface area contributed by atoms with Crippen LogP contribution >= 0.6 is 0 Å². The van der Waals surface area contributed by atoms with E-state index in [1.54, 1.807) is 16.7 Å². The molecule has 8 heterocycles. The lowest BCUT2D eigenvalue weighted by Gasteiger charge is -2.62. The van der Waals surface area contributed by atoms with Crippen molar-refractivity contribution < 1.29 is 0 Å². The predicted octanol–water partition coefficient (Wildman–Crippen LogP) is 26.9. The lowest BCUT2D eigenvalue weighted by molar-refractivity contribution is -0.0655. The quantitative estimate of drug-likeness (QED) is 0.169. The molecule has 8 nitrogen and oxygen atoms in total. The number of benzene rings is 7. The fourth-order valence-corrected chi connectivity index (χ4v) is 28.2. The van der Waals surface area contributed by atoms with Crippen LogP contribution in [0.2, 0.25) is 0 Å². The fourth-order valence-electron chi connectivity index (χ4n) is 28.2. The molecule has 7 aromatic carbocycles. The van der Waals surface area contributed by atoms with Crippen molar-refractivity contribution in [2.75, 3.05) is 24.5 Å². The lowest BCUT2D eigenvalue weighted by atomic mass is 9.42. The van der Waals surface area contributed by atoms with Crippen LogP contribution in [-0.2, 0) is 27.1 Å². The Kier molecular flexibility index (Phi) is 19.7. The minimum absolute atomic E-state index is 0.117. The number of fused-ring (bicyclic) bond motifs is 7.